The van der Waals surface area contributed by atoms with E-state index >= 15 is 0 Å². The summed E-state index contributed by atoms with van der Waals surface area (Å²) in [6.07, 6.45) is 4.25. The summed E-state index contributed by atoms with van der Waals surface area (Å²) in [7, 11) is 3.60. The molecule has 5 nitrogen and oxygen atoms in total. The minimum Gasteiger partial charge on any atom is -0.384 e. The van der Waals surface area contributed by atoms with Gasteiger partial charge in [-0.2, -0.15) is 4.98 Å². The zero-order valence-electron chi connectivity index (χ0n) is 10.5. The second-order valence-corrected chi connectivity index (χ2v) is 4.40. The molecule has 0 aromatic carbocycles. The lowest BCUT2D eigenvalue weighted by molar-refractivity contribution is 0.143. The molecule has 1 aromatic heterocycles. The smallest absolute Gasteiger partial charge is 0.224 e. The zero-order chi connectivity index (χ0) is 12.1. The van der Waals surface area contributed by atoms with Crippen molar-refractivity contribution >= 4 is 11.8 Å². The molecule has 0 radical (unpaired) electrons. The summed E-state index contributed by atoms with van der Waals surface area (Å²) < 4.78 is 5.24. The predicted octanol–water partition coefficient (Wildman–Crippen LogP) is 1.38. The highest BCUT2D eigenvalue weighted by Crippen LogP contribution is 2.22. The van der Waals surface area contributed by atoms with Crippen molar-refractivity contribution in [1.29, 1.82) is 0 Å². The fourth-order valence-electron chi connectivity index (χ4n) is 2.29. The normalized spacial score (nSPS) is 20.4. The van der Waals surface area contributed by atoms with E-state index in [0.717, 1.165) is 25.5 Å². The Morgan fingerprint density at radius 3 is 3.24 bits per heavy atom. The predicted molar refractivity (Wildman–Crippen MR) is 68.4 cm³/mol. The van der Waals surface area contributed by atoms with Crippen LogP contribution in [-0.2, 0) is 4.74 Å². The Hall–Kier alpha value is -1.36. The fraction of sp³-hybridized carbons (Fsp3) is 0.667. The van der Waals surface area contributed by atoms with Crippen LogP contribution in [-0.4, -0.2) is 43.8 Å². The highest BCUT2D eigenvalue weighted by Gasteiger charge is 2.20. The van der Waals surface area contributed by atoms with Gasteiger partial charge in [0.25, 0.3) is 0 Å². The molecule has 0 aliphatic carbocycles. The molecule has 94 valence electrons. The number of hydrogen-bond acceptors (Lipinski definition) is 5. The number of rotatable bonds is 4. The third-order valence-corrected chi connectivity index (χ3v) is 3.11. The minimum absolute atomic E-state index is 0.613. The van der Waals surface area contributed by atoms with Gasteiger partial charge in [-0.1, -0.05) is 0 Å². The molecule has 1 aliphatic rings. The Bertz CT molecular complexity index is 356. The van der Waals surface area contributed by atoms with Crippen LogP contribution in [0.25, 0.3) is 0 Å². The van der Waals surface area contributed by atoms with Gasteiger partial charge in [-0.3, -0.25) is 0 Å². The molecule has 2 heterocycles. The van der Waals surface area contributed by atoms with Gasteiger partial charge in [0.1, 0.15) is 5.82 Å². The van der Waals surface area contributed by atoms with Gasteiger partial charge in [0, 0.05) is 33.4 Å². The van der Waals surface area contributed by atoms with Gasteiger partial charge in [-0.05, 0) is 24.8 Å². The van der Waals surface area contributed by atoms with E-state index in [1.807, 2.05) is 13.1 Å². The number of aromatic nitrogens is 2. The third kappa shape index (κ3) is 3.06. The van der Waals surface area contributed by atoms with Crippen LogP contribution in [0.15, 0.2) is 12.3 Å². The number of nitrogens with one attached hydrogen (secondary N) is 1. The maximum absolute atomic E-state index is 5.24. The van der Waals surface area contributed by atoms with E-state index < -0.39 is 0 Å². The van der Waals surface area contributed by atoms with Crippen LogP contribution < -0.4 is 10.2 Å². The standard InChI is InChI=1S/C12H20N4O/c1-13-12-14-6-5-11(15-12)16-7-3-4-10(8-16)9-17-2/h5-6,10H,3-4,7-9H2,1-2H3,(H,13,14,15). The van der Waals surface area contributed by atoms with Crippen LogP contribution in [0.2, 0.25) is 0 Å². The summed E-state index contributed by atoms with van der Waals surface area (Å²) in [6, 6.07) is 1.97. The third-order valence-electron chi connectivity index (χ3n) is 3.11. The van der Waals surface area contributed by atoms with Crippen molar-refractivity contribution in [3.8, 4) is 0 Å². The first-order valence-electron chi connectivity index (χ1n) is 6.08. The number of nitrogens with zero attached hydrogens (tertiary/aromatic N) is 3. The molecule has 1 aliphatic heterocycles. The molecular weight excluding hydrogens is 216 g/mol. The Balaban J connectivity index is 2.05. The number of piperidine rings is 1. The van der Waals surface area contributed by atoms with E-state index in [4.69, 9.17) is 4.74 Å². The maximum atomic E-state index is 5.24. The molecule has 1 atom stereocenters. The minimum atomic E-state index is 0.613. The molecule has 0 saturated carbocycles. The zero-order valence-corrected chi connectivity index (χ0v) is 10.5. The first-order chi connectivity index (χ1) is 8.33. The fourth-order valence-corrected chi connectivity index (χ4v) is 2.29. The van der Waals surface area contributed by atoms with Gasteiger partial charge in [0.15, 0.2) is 0 Å². The number of methoxy groups -OCH3 is 1. The lowest BCUT2D eigenvalue weighted by Gasteiger charge is -2.33. The lowest BCUT2D eigenvalue weighted by Crippen LogP contribution is -2.37. The second kappa shape index (κ2) is 5.82. The molecular formula is C12H20N4O. The molecule has 1 fully saturated rings. The Labute approximate surface area is 102 Å². The molecule has 0 bridgehead atoms. The number of ether oxygens (including phenoxy) is 1. The van der Waals surface area contributed by atoms with Crippen LogP contribution >= 0.6 is 0 Å². The molecule has 0 amide bonds. The van der Waals surface area contributed by atoms with E-state index in [9.17, 15) is 0 Å². The van der Waals surface area contributed by atoms with Gasteiger partial charge < -0.3 is 15.0 Å². The highest BCUT2D eigenvalue weighted by atomic mass is 16.5. The molecule has 1 N–H and O–H groups in total. The molecule has 17 heavy (non-hydrogen) atoms. The van der Waals surface area contributed by atoms with Crippen molar-refractivity contribution in [3.05, 3.63) is 12.3 Å². The van der Waals surface area contributed by atoms with E-state index in [1.54, 1.807) is 13.3 Å². The quantitative estimate of drug-likeness (QED) is 0.856. The maximum Gasteiger partial charge on any atom is 0.224 e. The van der Waals surface area contributed by atoms with E-state index in [1.165, 1.54) is 12.8 Å². The summed E-state index contributed by atoms with van der Waals surface area (Å²) >= 11 is 0. The highest BCUT2D eigenvalue weighted by molar-refractivity contribution is 5.42. The van der Waals surface area contributed by atoms with Crippen molar-refractivity contribution in [1.82, 2.24) is 9.97 Å². The molecule has 1 saturated heterocycles. The van der Waals surface area contributed by atoms with Gasteiger partial charge in [0.05, 0.1) is 6.61 Å². The van der Waals surface area contributed by atoms with Gasteiger partial charge in [0.2, 0.25) is 5.95 Å². The van der Waals surface area contributed by atoms with Crippen LogP contribution in [0.5, 0.6) is 0 Å². The van der Waals surface area contributed by atoms with E-state index in [2.05, 4.69) is 20.2 Å². The van der Waals surface area contributed by atoms with Crippen molar-refractivity contribution in [2.24, 2.45) is 5.92 Å². The summed E-state index contributed by atoms with van der Waals surface area (Å²) in [5, 5.41) is 2.97. The first kappa shape index (κ1) is 12.1. The van der Waals surface area contributed by atoms with Crippen molar-refractivity contribution in [2.45, 2.75) is 12.8 Å². The number of hydrogen-bond donors (Lipinski definition) is 1. The Morgan fingerprint density at radius 2 is 2.47 bits per heavy atom. The average Bonchev–Trinajstić information content (AvgIpc) is 2.40. The molecule has 0 spiro atoms. The van der Waals surface area contributed by atoms with Crippen LogP contribution in [0.3, 0.4) is 0 Å². The largest absolute Gasteiger partial charge is 0.384 e. The van der Waals surface area contributed by atoms with Crippen LogP contribution in [0, 0.1) is 5.92 Å². The lowest BCUT2D eigenvalue weighted by atomic mass is 9.99. The number of anilines is 2. The molecule has 1 aromatic rings. The van der Waals surface area contributed by atoms with Crippen molar-refractivity contribution in [2.75, 3.05) is 44.1 Å². The molecule has 1 unspecified atom stereocenters. The van der Waals surface area contributed by atoms with E-state index in [0.29, 0.717) is 11.9 Å². The summed E-state index contributed by atoms with van der Waals surface area (Å²) in [5.41, 5.74) is 0. The Kier molecular flexibility index (Phi) is 4.14. The summed E-state index contributed by atoms with van der Waals surface area (Å²) in [4.78, 5) is 10.9. The van der Waals surface area contributed by atoms with E-state index in [-0.39, 0.29) is 0 Å². The monoisotopic (exact) mass is 236 g/mol. The SMILES string of the molecule is CNc1nccc(N2CCCC(COC)C2)n1. The molecule has 5 heteroatoms. The molecule has 2 rings (SSSR count). The summed E-state index contributed by atoms with van der Waals surface area (Å²) in [5.74, 6) is 2.29. The van der Waals surface area contributed by atoms with Gasteiger partial charge in [-0.15, -0.1) is 0 Å². The van der Waals surface area contributed by atoms with Crippen molar-refractivity contribution < 1.29 is 4.74 Å². The second-order valence-electron chi connectivity index (χ2n) is 4.40. The van der Waals surface area contributed by atoms with Gasteiger partial charge >= 0.3 is 0 Å². The average molecular weight is 236 g/mol. The summed E-state index contributed by atoms with van der Waals surface area (Å²) in [6.45, 7) is 2.93. The Morgan fingerprint density at radius 1 is 1.59 bits per heavy atom. The van der Waals surface area contributed by atoms with Gasteiger partial charge in [-0.25, -0.2) is 4.98 Å². The first-order valence-corrected chi connectivity index (χ1v) is 6.08. The van der Waals surface area contributed by atoms with Crippen LogP contribution in [0.4, 0.5) is 11.8 Å². The topological polar surface area (TPSA) is 50.3 Å². The van der Waals surface area contributed by atoms with Crippen molar-refractivity contribution in [3.63, 3.8) is 0 Å². The van der Waals surface area contributed by atoms with Crippen LogP contribution in [0.1, 0.15) is 12.8 Å².